The third kappa shape index (κ3) is 4.45. The van der Waals surface area contributed by atoms with Gasteiger partial charge >= 0.3 is 5.69 Å². The summed E-state index contributed by atoms with van der Waals surface area (Å²) in [7, 11) is 0. The fourth-order valence-corrected chi connectivity index (χ4v) is 2.63. The predicted octanol–water partition coefficient (Wildman–Crippen LogP) is 4.17. The first-order valence-electron chi connectivity index (χ1n) is 5.88. The van der Waals surface area contributed by atoms with Crippen molar-refractivity contribution in [3.8, 4) is 5.75 Å². The minimum Gasteiger partial charge on any atom is -0.486 e. The second kappa shape index (κ2) is 6.32. The summed E-state index contributed by atoms with van der Waals surface area (Å²) in [6, 6.07) is 3.22. The Morgan fingerprint density at radius 2 is 2.11 bits per heavy atom. The van der Waals surface area contributed by atoms with E-state index in [2.05, 4.69) is 36.7 Å². The quantitative estimate of drug-likeness (QED) is 0.461. The molecule has 0 saturated carbocycles. The summed E-state index contributed by atoms with van der Waals surface area (Å²) in [5.41, 5.74) is -0.227. The van der Waals surface area contributed by atoms with E-state index in [1.807, 2.05) is 0 Å². The standard InChI is InChI=1S/C13H17BrFNO3/c1-13(2,3)9(7-14)8-19-12-6-10(15)4-5-11(12)16(17)18/h4-6,9H,7-8H2,1-3H3. The van der Waals surface area contributed by atoms with Gasteiger partial charge in [0.15, 0.2) is 5.75 Å². The van der Waals surface area contributed by atoms with Crippen LogP contribution in [0, 0.1) is 27.3 Å². The van der Waals surface area contributed by atoms with E-state index < -0.39 is 10.7 Å². The Balaban J connectivity index is 2.87. The lowest BCUT2D eigenvalue weighted by Gasteiger charge is -2.28. The van der Waals surface area contributed by atoms with Gasteiger partial charge in [0.25, 0.3) is 0 Å². The average molecular weight is 334 g/mol. The molecule has 1 aromatic carbocycles. The van der Waals surface area contributed by atoms with Crippen LogP contribution in [-0.2, 0) is 0 Å². The summed E-state index contributed by atoms with van der Waals surface area (Å²) in [4.78, 5) is 10.3. The number of hydrogen-bond donors (Lipinski definition) is 0. The summed E-state index contributed by atoms with van der Waals surface area (Å²) < 4.78 is 18.6. The Kier molecular flexibility index (Phi) is 5.29. The largest absolute Gasteiger partial charge is 0.486 e. The lowest BCUT2D eigenvalue weighted by molar-refractivity contribution is -0.386. The number of rotatable bonds is 5. The average Bonchev–Trinajstić information content (AvgIpc) is 2.27. The molecular weight excluding hydrogens is 317 g/mol. The zero-order chi connectivity index (χ0) is 14.6. The SMILES string of the molecule is CC(C)(C)C(CBr)COc1cc(F)ccc1[N+](=O)[O-]. The highest BCUT2D eigenvalue weighted by molar-refractivity contribution is 9.09. The number of hydrogen-bond acceptors (Lipinski definition) is 3. The van der Waals surface area contributed by atoms with Crippen molar-refractivity contribution >= 4 is 21.6 Å². The van der Waals surface area contributed by atoms with Crippen LogP contribution in [0.3, 0.4) is 0 Å². The van der Waals surface area contributed by atoms with E-state index in [9.17, 15) is 14.5 Å². The maximum atomic E-state index is 13.1. The molecule has 4 nitrogen and oxygen atoms in total. The molecule has 0 bridgehead atoms. The molecule has 0 heterocycles. The molecule has 106 valence electrons. The molecule has 0 amide bonds. The van der Waals surface area contributed by atoms with Crippen LogP contribution in [0.15, 0.2) is 18.2 Å². The molecule has 0 aliphatic carbocycles. The molecule has 19 heavy (non-hydrogen) atoms. The number of halogens is 2. The van der Waals surface area contributed by atoms with Crippen LogP contribution in [-0.4, -0.2) is 16.9 Å². The van der Waals surface area contributed by atoms with Gasteiger partial charge in [-0.1, -0.05) is 36.7 Å². The van der Waals surface area contributed by atoms with Crippen LogP contribution in [0.4, 0.5) is 10.1 Å². The number of benzene rings is 1. The molecule has 0 aliphatic heterocycles. The summed E-state index contributed by atoms with van der Waals surface area (Å²) >= 11 is 3.40. The third-order valence-corrected chi connectivity index (χ3v) is 3.75. The third-order valence-electron chi connectivity index (χ3n) is 2.97. The molecule has 0 fully saturated rings. The Labute approximate surface area is 120 Å². The van der Waals surface area contributed by atoms with Crippen LogP contribution < -0.4 is 4.74 Å². The van der Waals surface area contributed by atoms with Crippen molar-refractivity contribution in [2.24, 2.45) is 11.3 Å². The van der Waals surface area contributed by atoms with Gasteiger partial charge < -0.3 is 4.74 Å². The molecule has 0 N–H and O–H groups in total. The van der Waals surface area contributed by atoms with Gasteiger partial charge in [0.1, 0.15) is 5.82 Å². The number of nitro groups is 1. The fourth-order valence-electron chi connectivity index (χ4n) is 1.47. The molecule has 1 rings (SSSR count). The summed E-state index contributed by atoms with van der Waals surface area (Å²) in [6.07, 6.45) is 0. The van der Waals surface area contributed by atoms with Crippen molar-refractivity contribution in [1.82, 2.24) is 0 Å². The van der Waals surface area contributed by atoms with Gasteiger partial charge in [0, 0.05) is 23.4 Å². The molecule has 0 radical (unpaired) electrons. The highest BCUT2D eigenvalue weighted by Crippen LogP contribution is 2.31. The summed E-state index contributed by atoms with van der Waals surface area (Å²) in [6.45, 7) is 6.46. The van der Waals surface area contributed by atoms with E-state index >= 15 is 0 Å². The van der Waals surface area contributed by atoms with Crippen molar-refractivity contribution in [2.75, 3.05) is 11.9 Å². The van der Waals surface area contributed by atoms with Gasteiger partial charge in [0.05, 0.1) is 11.5 Å². The molecule has 0 aliphatic rings. The van der Waals surface area contributed by atoms with E-state index in [0.29, 0.717) is 11.9 Å². The fraction of sp³-hybridized carbons (Fsp3) is 0.538. The highest BCUT2D eigenvalue weighted by Gasteiger charge is 2.25. The van der Waals surface area contributed by atoms with Crippen molar-refractivity contribution in [3.05, 3.63) is 34.1 Å². The second-order valence-corrected chi connectivity index (χ2v) is 6.04. The van der Waals surface area contributed by atoms with Gasteiger partial charge in [-0.3, -0.25) is 10.1 Å². The number of ether oxygens (including phenoxy) is 1. The van der Waals surface area contributed by atoms with E-state index in [0.717, 1.165) is 18.2 Å². The number of nitro benzene ring substituents is 1. The van der Waals surface area contributed by atoms with Crippen molar-refractivity contribution in [1.29, 1.82) is 0 Å². The number of alkyl halides is 1. The molecule has 1 atom stereocenters. The Morgan fingerprint density at radius 3 is 2.58 bits per heavy atom. The Morgan fingerprint density at radius 1 is 1.47 bits per heavy atom. The maximum Gasteiger partial charge on any atom is 0.311 e. The Bertz CT molecular complexity index is 460. The molecule has 0 spiro atoms. The zero-order valence-electron chi connectivity index (χ0n) is 11.2. The lowest BCUT2D eigenvalue weighted by atomic mass is 9.83. The molecule has 0 saturated heterocycles. The Hall–Kier alpha value is -1.17. The second-order valence-electron chi connectivity index (χ2n) is 5.40. The van der Waals surface area contributed by atoms with Gasteiger partial charge in [-0.15, -0.1) is 0 Å². The minimum atomic E-state index is -0.574. The van der Waals surface area contributed by atoms with Crippen LogP contribution in [0.5, 0.6) is 5.75 Å². The smallest absolute Gasteiger partial charge is 0.311 e. The predicted molar refractivity (Wildman–Crippen MR) is 75.3 cm³/mol. The van der Waals surface area contributed by atoms with Crippen LogP contribution in [0.2, 0.25) is 0 Å². The topological polar surface area (TPSA) is 52.4 Å². The maximum absolute atomic E-state index is 13.1. The number of nitrogens with zero attached hydrogens (tertiary/aromatic N) is 1. The van der Waals surface area contributed by atoms with Crippen LogP contribution in [0.25, 0.3) is 0 Å². The van der Waals surface area contributed by atoms with Crippen molar-refractivity contribution in [2.45, 2.75) is 20.8 Å². The van der Waals surface area contributed by atoms with E-state index in [1.54, 1.807) is 0 Å². The van der Waals surface area contributed by atoms with Crippen molar-refractivity contribution < 1.29 is 14.1 Å². The van der Waals surface area contributed by atoms with Gasteiger partial charge in [-0.25, -0.2) is 4.39 Å². The van der Waals surface area contributed by atoms with Crippen molar-refractivity contribution in [3.63, 3.8) is 0 Å². The normalized spacial score (nSPS) is 13.1. The summed E-state index contributed by atoms with van der Waals surface area (Å²) in [5.74, 6) is -0.415. The van der Waals surface area contributed by atoms with Crippen LogP contribution in [0.1, 0.15) is 20.8 Å². The van der Waals surface area contributed by atoms with Gasteiger partial charge in [-0.2, -0.15) is 0 Å². The van der Waals surface area contributed by atoms with E-state index in [-0.39, 0.29) is 22.8 Å². The van der Waals surface area contributed by atoms with Gasteiger partial charge in [-0.05, 0) is 11.5 Å². The van der Waals surface area contributed by atoms with E-state index in [4.69, 9.17) is 4.74 Å². The minimum absolute atomic E-state index is 0.00833. The highest BCUT2D eigenvalue weighted by atomic mass is 79.9. The van der Waals surface area contributed by atoms with E-state index in [1.165, 1.54) is 0 Å². The molecule has 0 aromatic heterocycles. The molecule has 6 heteroatoms. The summed E-state index contributed by atoms with van der Waals surface area (Å²) in [5, 5.41) is 11.5. The zero-order valence-corrected chi connectivity index (χ0v) is 12.7. The molecule has 1 aromatic rings. The molecule has 1 unspecified atom stereocenters. The van der Waals surface area contributed by atoms with Crippen LogP contribution >= 0.6 is 15.9 Å². The first-order valence-corrected chi connectivity index (χ1v) is 7.00. The molecular formula is C13H17BrFNO3. The first-order chi connectivity index (χ1) is 8.75. The first kappa shape index (κ1) is 15.9. The van der Waals surface area contributed by atoms with Gasteiger partial charge in [0.2, 0.25) is 0 Å². The lowest BCUT2D eigenvalue weighted by Crippen LogP contribution is -2.28. The monoisotopic (exact) mass is 333 g/mol.